The Morgan fingerprint density at radius 2 is 1.77 bits per heavy atom. The number of rotatable bonds is 8. The van der Waals surface area contributed by atoms with Crippen LogP contribution in [0.5, 0.6) is 5.75 Å². The Hall–Kier alpha value is -2.47. The molecule has 0 radical (unpaired) electrons. The molecule has 1 aliphatic carbocycles. The van der Waals surface area contributed by atoms with Crippen LogP contribution in [0.1, 0.15) is 49.4 Å². The van der Waals surface area contributed by atoms with Crippen LogP contribution in [-0.2, 0) is 4.79 Å². The molecule has 0 atom stereocenters. The fraction of sp³-hybridized carbons (Fsp3) is 0.417. The van der Waals surface area contributed by atoms with Crippen LogP contribution in [0.3, 0.4) is 0 Å². The molecule has 6 heteroatoms. The van der Waals surface area contributed by atoms with Gasteiger partial charge >= 0.3 is 0 Å². The Morgan fingerprint density at radius 1 is 1.07 bits per heavy atom. The maximum atomic E-state index is 12.9. The molecule has 2 aromatic rings. The molecular formula is C24H30N2O3S. The van der Waals surface area contributed by atoms with E-state index in [1.807, 2.05) is 61.3 Å². The zero-order chi connectivity index (χ0) is 21.3. The lowest BCUT2D eigenvalue weighted by molar-refractivity contribution is -0.129. The maximum absolute atomic E-state index is 12.9. The Bertz CT molecular complexity index is 865. The average Bonchev–Trinajstić information content (AvgIpc) is 2.79. The van der Waals surface area contributed by atoms with E-state index in [2.05, 4.69) is 5.32 Å². The van der Waals surface area contributed by atoms with Crippen molar-refractivity contribution in [3.63, 3.8) is 0 Å². The van der Waals surface area contributed by atoms with E-state index in [1.165, 1.54) is 31.0 Å². The van der Waals surface area contributed by atoms with Gasteiger partial charge in [0.15, 0.2) is 0 Å². The van der Waals surface area contributed by atoms with Gasteiger partial charge in [0, 0.05) is 18.0 Å². The molecule has 0 bridgehead atoms. The largest absolute Gasteiger partial charge is 0.492 e. The van der Waals surface area contributed by atoms with Crippen LogP contribution in [-0.4, -0.2) is 42.2 Å². The van der Waals surface area contributed by atoms with Crippen LogP contribution in [0.2, 0.25) is 0 Å². The lowest BCUT2D eigenvalue weighted by atomic mass is 9.94. The molecule has 0 spiro atoms. The Morgan fingerprint density at radius 3 is 2.53 bits per heavy atom. The fourth-order valence-electron chi connectivity index (χ4n) is 3.73. The maximum Gasteiger partial charge on any atom is 0.256 e. The van der Waals surface area contributed by atoms with Gasteiger partial charge in [0.1, 0.15) is 5.75 Å². The summed E-state index contributed by atoms with van der Waals surface area (Å²) in [6, 6.07) is 15.1. The normalized spacial score (nSPS) is 14.2. The number of hydrogen-bond donors (Lipinski definition) is 1. The summed E-state index contributed by atoms with van der Waals surface area (Å²) < 4.78 is 5.60. The molecule has 0 saturated heterocycles. The average molecular weight is 427 g/mol. The topological polar surface area (TPSA) is 58.6 Å². The third-order valence-electron chi connectivity index (χ3n) is 5.43. The number of carbonyl (C=O) groups excluding carboxylic acids is 2. The first kappa shape index (κ1) is 22.2. The molecule has 1 saturated carbocycles. The Labute approximate surface area is 183 Å². The molecule has 1 N–H and O–H groups in total. The molecule has 0 heterocycles. The molecular weight excluding hydrogens is 396 g/mol. The fourth-order valence-corrected chi connectivity index (χ4v) is 4.71. The smallest absolute Gasteiger partial charge is 0.256 e. The zero-order valence-electron chi connectivity index (χ0n) is 17.7. The van der Waals surface area contributed by atoms with Crippen LogP contribution in [0, 0.1) is 0 Å². The van der Waals surface area contributed by atoms with Gasteiger partial charge in [-0.15, -0.1) is 11.8 Å². The molecule has 5 nitrogen and oxygen atoms in total. The number of amides is 2. The van der Waals surface area contributed by atoms with Crippen LogP contribution >= 0.6 is 11.8 Å². The monoisotopic (exact) mass is 426 g/mol. The van der Waals surface area contributed by atoms with Gasteiger partial charge in [0.25, 0.3) is 5.91 Å². The quantitative estimate of drug-likeness (QED) is 0.588. The van der Waals surface area contributed by atoms with Crippen molar-refractivity contribution in [2.24, 2.45) is 0 Å². The summed E-state index contributed by atoms with van der Waals surface area (Å²) in [6.45, 7) is 2.43. The second-order valence-electron chi connectivity index (χ2n) is 7.46. The highest BCUT2D eigenvalue weighted by Gasteiger charge is 2.22. The molecule has 0 unspecified atom stereocenters. The summed E-state index contributed by atoms with van der Waals surface area (Å²) in [5.41, 5.74) is 1.19. The first-order valence-corrected chi connectivity index (χ1v) is 11.6. The van der Waals surface area contributed by atoms with Crippen LogP contribution in [0.15, 0.2) is 53.4 Å². The van der Waals surface area contributed by atoms with E-state index in [9.17, 15) is 9.59 Å². The molecule has 3 rings (SSSR count). The molecule has 0 aromatic heterocycles. The van der Waals surface area contributed by atoms with Crippen molar-refractivity contribution in [2.45, 2.75) is 50.0 Å². The van der Waals surface area contributed by atoms with Gasteiger partial charge in [-0.2, -0.15) is 0 Å². The number of hydrogen-bond acceptors (Lipinski definition) is 4. The van der Waals surface area contributed by atoms with E-state index in [4.69, 9.17) is 4.74 Å². The van der Waals surface area contributed by atoms with E-state index < -0.39 is 0 Å². The first-order valence-electron chi connectivity index (χ1n) is 10.6. The van der Waals surface area contributed by atoms with Crippen molar-refractivity contribution < 1.29 is 14.3 Å². The minimum atomic E-state index is -0.210. The van der Waals surface area contributed by atoms with Crippen molar-refractivity contribution in [1.29, 1.82) is 0 Å². The lowest BCUT2D eigenvalue weighted by Crippen LogP contribution is -2.39. The molecule has 2 aromatic carbocycles. The second kappa shape index (κ2) is 11.1. The number of para-hydroxylation sites is 2. The molecule has 2 amide bonds. The van der Waals surface area contributed by atoms with Crippen LogP contribution in [0.4, 0.5) is 5.69 Å². The standard InChI is InChI=1S/C24H30N2O3S/c1-3-29-21-15-9-8-14-20(21)25-24(28)19-13-7-10-16-22(19)30-17-23(27)26(2)18-11-5-4-6-12-18/h7-10,13-16,18H,3-6,11-12,17H2,1-2H3,(H,25,28). The number of anilines is 1. The number of carbonyl (C=O) groups is 2. The summed E-state index contributed by atoms with van der Waals surface area (Å²) in [6.07, 6.45) is 5.84. The molecule has 1 fully saturated rings. The van der Waals surface area contributed by atoms with Gasteiger partial charge in [-0.05, 0) is 44.0 Å². The number of thioether (sulfide) groups is 1. The number of nitrogens with zero attached hydrogens (tertiary/aromatic N) is 1. The number of nitrogens with one attached hydrogen (secondary N) is 1. The third-order valence-corrected chi connectivity index (χ3v) is 6.49. The van der Waals surface area contributed by atoms with Crippen molar-refractivity contribution in [3.8, 4) is 5.75 Å². The van der Waals surface area contributed by atoms with E-state index >= 15 is 0 Å². The lowest BCUT2D eigenvalue weighted by Gasteiger charge is -2.31. The van der Waals surface area contributed by atoms with Crippen molar-refractivity contribution >= 4 is 29.3 Å². The Balaban J connectivity index is 1.65. The van der Waals surface area contributed by atoms with Gasteiger partial charge in [-0.1, -0.05) is 43.5 Å². The highest BCUT2D eigenvalue weighted by Crippen LogP contribution is 2.28. The third kappa shape index (κ3) is 5.79. The minimum Gasteiger partial charge on any atom is -0.492 e. The molecule has 1 aliphatic rings. The highest BCUT2D eigenvalue weighted by atomic mass is 32.2. The van der Waals surface area contributed by atoms with E-state index in [0.29, 0.717) is 35.4 Å². The van der Waals surface area contributed by atoms with Gasteiger partial charge in [-0.3, -0.25) is 9.59 Å². The van der Waals surface area contributed by atoms with Crippen molar-refractivity contribution in [1.82, 2.24) is 4.90 Å². The van der Waals surface area contributed by atoms with Crippen molar-refractivity contribution in [3.05, 3.63) is 54.1 Å². The first-order chi connectivity index (χ1) is 14.6. The van der Waals surface area contributed by atoms with E-state index in [-0.39, 0.29) is 11.8 Å². The van der Waals surface area contributed by atoms with Crippen LogP contribution < -0.4 is 10.1 Å². The number of benzene rings is 2. The number of ether oxygens (including phenoxy) is 1. The summed E-state index contributed by atoms with van der Waals surface area (Å²) >= 11 is 1.42. The van der Waals surface area contributed by atoms with E-state index in [1.54, 1.807) is 6.07 Å². The SMILES string of the molecule is CCOc1ccccc1NC(=O)c1ccccc1SCC(=O)N(C)C1CCCCC1. The van der Waals surface area contributed by atoms with E-state index in [0.717, 1.165) is 17.7 Å². The summed E-state index contributed by atoms with van der Waals surface area (Å²) in [7, 11) is 1.90. The highest BCUT2D eigenvalue weighted by molar-refractivity contribution is 8.00. The Kier molecular flexibility index (Phi) is 8.20. The van der Waals surface area contributed by atoms with Gasteiger partial charge < -0.3 is 15.0 Å². The molecule has 30 heavy (non-hydrogen) atoms. The minimum absolute atomic E-state index is 0.115. The van der Waals surface area contributed by atoms with Gasteiger partial charge in [0.05, 0.1) is 23.6 Å². The van der Waals surface area contributed by atoms with Gasteiger partial charge in [-0.25, -0.2) is 0 Å². The summed E-state index contributed by atoms with van der Waals surface area (Å²) in [5.74, 6) is 0.872. The predicted octanol–water partition coefficient (Wildman–Crippen LogP) is 5.22. The zero-order valence-corrected chi connectivity index (χ0v) is 18.5. The predicted molar refractivity (Wildman–Crippen MR) is 122 cm³/mol. The van der Waals surface area contributed by atoms with Crippen molar-refractivity contribution in [2.75, 3.05) is 24.7 Å². The second-order valence-corrected chi connectivity index (χ2v) is 8.48. The summed E-state index contributed by atoms with van der Waals surface area (Å²) in [5, 5.41) is 2.94. The van der Waals surface area contributed by atoms with Gasteiger partial charge in [0.2, 0.25) is 5.91 Å². The molecule has 0 aliphatic heterocycles. The molecule has 160 valence electrons. The van der Waals surface area contributed by atoms with Crippen LogP contribution in [0.25, 0.3) is 0 Å². The summed E-state index contributed by atoms with van der Waals surface area (Å²) in [4.78, 5) is 28.3.